The van der Waals surface area contributed by atoms with Gasteiger partial charge in [0.15, 0.2) is 6.29 Å². The molecule has 0 amide bonds. The lowest BCUT2D eigenvalue weighted by molar-refractivity contribution is 0.112. The molecule has 0 aliphatic rings. The first-order valence-electron chi connectivity index (χ1n) is 5.16. The Bertz CT molecular complexity index is 636. The van der Waals surface area contributed by atoms with Crippen molar-refractivity contribution in [3.05, 3.63) is 47.3 Å². The minimum atomic E-state index is 0.767. The SMILES string of the molecule is O=Cc1ccc(Sc2cc3ccccc3[nH]2)s1. The molecule has 2 heterocycles. The van der Waals surface area contributed by atoms with Crippen LogP contribution in [0.5, 0.6) is 0 Å². The Morgan fingerprint density at radius 3 is 2.82 bits per heavy atom. The number of para-hydroxylation sites is 1. The number of carbonyl (C=O) groups excluding carboxylic acids is 1. The standard InChI is InChI=1S/C13H9NOS2/c15-8-10-5-6-13(16-10)17-12-7-9-3-1-2-4-11(9)14-12/h1-8,14H. The van der Waals surface area contributed by atoms with E-state index in [9.17, 15) is 4.79 Å². The molecule has 1 N–H and O–H groups in total. The van der Waals surface area contributed by atoms with Crippen molar-refractivity contribution in [2.24, 2.45) is 0 Å². The van der Waals surface area contributed by atoms with Crippen molar-refractivity contribution >= 4 is 40.3 Å². The highest BCUT2D eigenvalue weighted by Crippen LogP contribution is 2.33. The number of thiophene rings is 1. The number of H-pyrrole nitrogens is 1. The van der Waals surface area contributed by atoms with Crippen LogP contribution in [0.2, 0.25) is 0 Å². The van der Waals surface area contributed by atoms with E-state index in [1.54, 1.807) is 11.8 Å². The van der Waals surface area contributed by atoms with Crippen LogP contribution in [0.25, 0.3) is 10.9 Å². The highest BCUT2D eigenvalue weighted by molar-refractivity contribution is 8.01. The van der Waals surface area contributed by atoms with Gasteiger partial charge in [0.2, 0.25) is 0 Å². The van der Waals surface area contributed by atoms with Crippen LogP contribution in [0.1, 0.15) is 9.67 Å². The average Bonchev–Trinajstić information content (AvgIpc) is 2.94. The second-order valence-electron chi connectivity index (χ2n) is 3.60. The van der Waals surface area contributed by atoms with Gasteiger partial charge < -0.3 is 4.98 Å². The third kappa shape index (κ3) is 2.14. The maximum Gasteiger partial charge on any atom is 0.160 e. The molecule has 1 aromatic carbocycles. The number of carbonyl (C=O) groups is 1. The van der Waals surface area contributed by atoms with Crippen LogP contribution in [0.3, 0.4) is 0 Å². The van der Waals surface area contributed by atoms with E-state index in [0.717, 1.165) is 25.9 Å². The molecule has 84 valence electrons. The van der Waals surface area contributed by atoms with Crippen LogP contribution in [-0.4, -0.2) is 11.3 Å². The summed E-state index contributed by atoms with van der Waals surface area (Å²) in [5, 5.41) is 2.31. The van der Waals surface area contributed by atoms with E-state index in [-0.39, 0.29) is 0 Å². The van der Waals surface area contributed by atoms with Gasteiger partial charge in [-0.25, -0.2) is 0 Å². The van der Waals surface area contributed by atoms with Crippen molar-refractivity contribution in [2.75, 3.05) is 0 Å². The van der Waals surface area contributed by atoms with Gasteiger partial charge in [0, 0.05) is 10.9 Å². The minimum absolute atomic E-state index is 0.767. The molecule has 4 heteroatoms. The second kappa shape index (κ2) is 4.39. The molecule has 0 aliphatic carbocycles. The third-order valence-corrected chi connectivity index (χ3v) is 4.52. The number of aromatic nitrogens is 1. The van der Waals surface area contributed by atoms with Gasteiger partial charge in [-0.05, 0) is 24.3 Å². The van der Waals surface area contributed by atoms with Gasteiger partial charge in [-0.3, -0.25) is 4.79 Å². The van der Waals surface area contributed by atoms with Gasteiger partial charge >= 0.3 is 0 Å². The lowest BCUT2D eigenvalue weighted by atomic mass is 10.3. The summed E-state index contributed by atoms with van der Waals surface area (Å²) < 4.78 is 1.12. The summed E-state index contributed by atoms with van der Waals surface area (Å²) in [6.07, 6.45) is 0.889. The summed E-state index contributed by atoms with van der Waals surface area (Å²) in [7, 11) is 0. The predicted molar refractivity (Wildman–Crippen MR) is 72.1 cm³/mol. The highest BCUT2D eigenvalue weighted by Gasteiger charge is 2.04. The Balaban J connectivity index is 1.91. The van der Waals surface area contributed by atoms with E-state index >= 15 is 0 Å². The van der Waals surface area contributed by atoms with Gasteiger partial charge in [0.25, 0.3) is 0 Å². The lowest BCUT2D eigenvalue weighted by Crippen LogP contribution is -1.67. The summed E-state index contributed by atoms with van der Waals surface area (Å²) in [5.41, 5.74) is 1.14. The molecule has 0 radical (unpaired) electrons. The van der Waals surface area contributed by atoms with Gasteiger partial charge in [-0.2, -0.15) is 0 Å². The summed E-state index contributed by atoms with van der Waals surface area (Å²) in [5.74, 6) is 0. The van der Waals surface area contributed by atoms with Crippen molar-refractivity contribution in [1.29, 1.82) is 0 Å². The zero-order chi connectivity index (χ0) is 11.7. The van der Waals surface area contributed by atoms with Gasteiger partial charge in [-0.15, -0.1) is 11.3 Å². The molecule has 0 atom stereocenters. The van der Waals surface area contributed by atoms with Crippen molar-refractivity contribution in [2.45, 2.75) is 9.24 Å². The first-order valence-corrected chi connectivity index (χ1v) is 6.79. The smallest absolute Gasteiger partial charge is 0.160 e. The Labute approximate surface area is 107 Å². The Hall–Kier alpha value is -1.52. The molecule has 0 spiro atoms. The third-order valence-electron chi connectivity index (χ3n) is 2.43. The highest BCUT2D eigenvalue weighted by atomic mass is 32.2. The molecule has 0 bridgehead atoms. The first kappa shape index (κ1) is 10.6. The molecule has 0 aliphatic heterocycles. The van der Waals surface area contributed by atoms with E-state index in [4.69, 9.17) is 0 Å². The Morgan fingerprint density at radius 1 is 1.18 bits per heavy atom. The van der Waals surface area contributed by atoms with Crippen LogP contribution in [0.15, 0.2) is 51.7 Å². The number of hydrogen-bond donors (Lipinski definition) is 1. The monoisotopic (exact) mass is 259 g/mol. The van der Waals surface area contributed by atoms with Crippen molar-refractivity contribution < 1.29 is 4.79 Å². The molecule has 2 aromatic heterocycles. The van der Waals surface area contributed by atoms with Crippen LogP contribution in [-0.2, 0) is 0 Å². The average molecular weight is 259 g/mol. The van der Waals surface area contributed by atoms with Gasteiger partial charge in [-0.1, -0.05) is 30.0 Å². The zero-order valence-electron chi connectivity index (χ0n) is 8.84. The fourth-order valence-corrected chi connectivity index (χ4v) is 3.64. The second-order valence-corrected chi connectivity index (χ2v) is 6.06. The molecule has 0 saturated heterocycles. The van der Waals surface area contributed by atoms with E-state index < -0.39 is 0 Å². The summed E-state index contributed by atoms with van der Waals surface area (Å²) in [6.45, 7) is 0. The number of benzene rings is 1. The molecule has 3 aromatic rings. The van der Waals surface area contributed by atoms with Gasteiger partial charge in [0.05, 0.1) is 14.1 Å². The van der Waals surface area contributed by atoms with E-state index in [0.29, 0.717) is 0 Å². The number of fused-ring (bicyclic) bond motifs is 1. The minimum Gasteiger partial charge on any atom is -0.349 e. The predicted octanol–water partition coefficient (Wildman–Crippen LogP) is 4.19. The van der Waals surface area contributed by atoms with Crippen molar-refractivity contribution in [3.63, 3.8) is 0 Å². The van der Waals surface area contributed by atoms with Crippen LogP contribution in [0, 0.1) is 0 Å². The van der Waals surface area contributed by atoms with Crippen LogP contribution < -0.4 is 0 Å². The fourth-order valence-electron chi connectivity index (χ4n) is 1.66. The summed E-state index contributed by atoms with van der Waals surface area (Å²) in [6, 6.07) is 14.1. The summed E-state index contributed by atoms with van der Waals surface area (Å²) >= 11 is 3.17. The fraction of sp³-hybridized carbons (Fsp3) is 0. The molecule has 0 fully saturated rings. The maximum absolute atomic E-state index is 10.6. The van der Waals surface area contributed by atoms with Gasteiger partial charge in [0.1, 0.15) is 0 Å². The molecule has 0 saturated carbocycles. The maximum atomic E-state index is 10.6. The number of nitrogens with one attached hydrogen (secondary N) is 1. The number of hydrogen-bond acceptors (Lipinski definition) is 3. The van der Waals surface area contributed by atoms with Crippen molar-refractivity contribution in [1.82, 2.24) is 4.98 Å². The van der Waals surface area contributed by atoms with Crippen LogP contribution >= 0.6 is 23.1 Å². The zero-order valence-corrected chi connectivity index (χ0v) is 10.5. The molecular formula is C13H9NOS2. The molecule has 3 rings (SSSR count). The molecule has 0 unspecified atom stereocenters. The van der Waals surface area contributed by atoms with Crippen molar-refractivity contribution in [3.8, 4) is 0 Å². The molecule has 17 heavy (non-hydrogen) atoms. The number of rotatable bonds is 3. The topological polar surface area (TPSA) is 32.9 Å². The molecular weight excluding hydrogens is 250 g/mol. The largest absolute Gasteiger partial charge is 0.349 e. The Kier molecular flexibility index (Phi) is 2.74. The van der Waals surface area contributed by atoms with E-state index in [2.05, 4.69) is 23.2 Å². The number of aldehydes is 1. The first-order chi connectivity index (χ1) is 8.35. The lowest BCUT2D eigenvalue weighted by Gasteiger charge is -1.91. The van der Waals surface area contributed by atoms with E-state index in [1.807, 2.05) is 24.3 Å². The Morgan fingerprint density at radius 2 is 2.06 bits per heavy atom. The normalized spacial score (nSPS) is 10.8. The quantitative estimate of drug-likeness (QED) is 0.715. The summed E-state index contributed by atoms with van der Waals surface area (Å²) in [4.78, 5) is 14.7. The number of aromatic amines is 1. The van der Waals surface area contributed by atoms with Crippen LogP contribution in [0.4, 0.5) is 0 Å². The van der Waals surface area contributed by atoms with E-state index in [1.165, 1.54) is 16.7 Å². The molecule has 2 nitrogen and oxygen atoms in total.